The van der Waals surface area contributed by atoms with Gasteiger partial charge in [0.2, 0.25) is 17.6 Å². The minimum absolute atomic E-state index is 0.0581. The summed E-state index contributed by atoms with van der Waals surface area (Å²) in [4.78, 5) is 150. The van der Waals surface area contributed by atoms with E-state index in [-0.39, 0.29) is 13.7 Å². The van der Waals surface area contributed by atoms with E-state index in [4.69, 9.17) is 61.7 Å². The summed E-state index contributed by atoms with van der Waals surface area (Å²) in [6.45, 7) is -2.42. The van der Waals surface area contributed by atoms with Crippen molar-refractivity contribution in [1.82, 2.24) is 57.3 Å². The lowest BCUT2D eigenvalue weighted by atomic mass is 9.93. The second kappa shape index (κ2) is 35.6. The third kappa shape index (κ3) is 18.3. The minimum Gasteiger partial charge on any atom is -0.394 e. The molecule has 6 aromatic rings. The second-order valence-corrected chi connectivity index (χ2v) is 25.4. The first-order valence-corrected chi connectivity index (χ1v) is 31.9. The van der Waals surface area contributed by atoms with Gasteiger partial charge in [-0.3, -0.25) is 86.1 Å². The maximum Gasteiger partial charge on any atom is 0.429 e. The summed E-state index contributed by atoms with van der Waals surface area (Å²) in [5, 5.41) is 146. The number of ether oxygens (including phenoxy) is 6. The fourth-order valence-corrected chi connectivity index (χ4v) is 11.4. The number of aliphatic hydroxyl groups is 15. The Labute approximate surface area is 653 Å². The van der Waals surface area contributed by atoms with Crippen molar-refractivity contribution in [3.05, 3.63) is 209 Å². The summed E-state index contributed by atoms with van der Waals surface area (Å²) in [7, 11) is 0. The summed E-state index contributed by atoms with van der Waals surface area (Å²) < 4.78 is 255. The average Bonchev–Trinajstić information content (AvgIpc) is 1.60. The smallest absolute Gasteiger partial charge is 0.394 e. The Kier molecular flexibility index (Phi) is 23.4. The van der Waals surface area contributed by atoms with Crippen LogP contribution in [0.25, 0.3) is 10.4 Å². The van der Waals surface area contributed by atoms with E-state index in [0.717, 1.165) is 13.8 Å². The summed E-state index contributed by atoms with van der Waals surface area (Å²) in [5.41, 5.74) is -24.0. The molecule has 0 bridgehead atoms. The first-order valence-electron chi connectivity index (χ1n) is 37.9. The van der Waals surface area contributed by atoms with Gasteiger partial charge in [0.05, 0.1) is 56.1 Å². The highest BCUT2D eigenvalue weighted by molar-refractivity contribution is 5.12. The Morgan fingerprint density at radius 2 is 0.709 bits per heavy atom. The number of H-pyrrole nitrogens is 6. The highest BCUT2D eigenvalue weighted by Gasteiger charge is 2.74. The third-order valence-electron chi connectivity index (χ3n) is 17.6. The van der Waals surface area contributed by atoms with Gasteiger partial charge in [0.1, 0.15) is 72.2 Å². The van der Waals surface area contributed by atoms with Crippen LogP contribution in [0.2, 0.25) is 0 Å². The molecule has 21 N–H and O–H groups in total. The maximum absolute atomic E-state index is 14.6. The normalized spacial score (nSPS) is 35.5. The molecule has 117 heavy (non-hydrogen) atoms. The number of hydrogen-bond donors (Lipinski definition) is 21. The van der Waals surface area contributed by atoms with Gasteiger partial charge in [-0.05, 0) is 26.3 Å². The molecule has 0 saturated carbocycles. The summed E-state index contributed by atoms with van der Waals surface area (Å²) in [5.74, 6) is -3.97. The summed E-state index contributed by atoms with van der Waals surface area (Å²) in [6.07, 6.45) is -51.5. The van der Waals surface area contributed by atoms with E-state index in [1.54, 1.807) is 15.0 Å². The van der Waals surface area contributed by atoms with Gasteiger partial charge < -0.3 is 105 Å². The van der Waals surface area contributed by atoms with Crippen molar-refractivity contribution in [2.45, 2.75) is 177 Å². The van der Waals surface area contributed by atoms with Crippen LogP contribution in [-0.4, -0.2) is 293 Å². The van der Waals surface area contributed by atoms with Crippen LogP contribution in [0.5, 0.6) is 0 Å². The van der Waals surface area contributed by atoms with Gasteiger partial charge in [-0.25, -0.2) is 37.5 Å². The van der Waals surface area contributed by atoms with Crippen LogP contribution in [0.4, 0.5) is 43.9 Å². The summed E-state index contributed by atoms with van der Waals surface area (Å²) >= 11 is 0. The first-order chi connectivity index (χ1) is 59.2. The topological polar surface area (TPSA) is 737 Å². The molecule has 48 nitrogen and oxygen atoms in total. The average molecular weight is 1720 g/mol. The molecule has 0 aliphatic carbocycles. The highest BCUT2D eigenvalue weighted by atomic mass is 19.4. The van der Waals surface area contributed by atoms with Gasteiger partial charge in [0.15, 0.2) is 42.9 Å². The van der Waals surface area contributed by atoms with Crippen molar-refractivity contribution in [1.29, 1.82) is 0 Å². The Bertz CT molecular complexity index is 5670. The van der Waals surface area contributed by atoms with Crippen molar-refractivity contribution in [2.24, 2.45) is 5.11 Å². The van der Waals surface area contributed by atoms with Crippen LogP contribution in [0.3, 0.4) is 0 Å². The maximum atomic E-state index is 14.6. The van der Waals surface area contributed by atoms with Crippen LogP contribution in [-0.2, 0) is 28.4 Å². The molecule has 6 fully saturated rings. The molecule has 12 rings (SSSR count). The number of hydrogen-bond acceptors (Lipinski definition) is 34. The van der Waals surface area contributed by atoms with Crippen molar-refractivity contribution < 1.29 is 165 Å². The Hall–Kier alpha value is -10.2. The molecule has 650 valence electrons. The SMILES string of the molecule is [2H]c1c([2H])n([C@@H]2O[C@@](CO)(N=[N+]=[N-])C(O)[C@@]2(C)O)c(=O)[nH]c1=O.[2H]c1c([2H])n([C@@H]2O[C@H](CO)C(O)C2(F)F)c(=O)[nH]c1=O.[2H]c1c([2H])n([C@@H]2O[C@H](CO)C(O)[C@@]2(C)F)c(=O)[nH]c1=O.[2H]c1c([2H])n([C@@H]2O[C@H](CO)C(O)[C@@]2(C)O)c(=O)[nH]c1=O.[2H]c1c([2H])n([C@@H]2O[C@H](CO)C(O)[C@]2(F)C(F)(F)F)c(=O)[nH]c1=O.[2H]c1c([2H])n([C@@H]2O[C@H](CO)C(O)[C@]2(O)C(F)(F)F)c(=O)[nH]c1=O. The summed E-state index contributed by atoms with van der Waals surface area (Å²) in [6, 6.07) is -5.80. The number of aromatic amines is 6. The number of nitrogens with one attached hydrogen (secondary N) is 6. The van der Waals surface area contributed by atoms with Crippen molar-refractivity contribution in [3.63, 3.8) is 0 Å². The van der Waals surface area contributed by atoms with Crippen molar-refractivity contribution >= 4 is 0 Å². The molecule has 0 radical (unpaired) electrons. The number of halogens is 10. The zero-order valence-electron chi connectivity index (χ0n) is 70.4. The standard InChI is InChI=1S/C10H10F4N2O5.C10H11F3N2O6.C10H13FN2O5.C10H13N5O6.C10H14N2O6.C9H10F2N2O5/c11-9(10(12,13)14)6(19)4(3-17)21-7(9)16-2-1-5(18)15-8(16)20;11-10(12,13)9(20)6(18)4(3-16)21-7(9)15-2-1-5(17)14-8(15)19;1-10(11)7(16)5(4-14)18-8(10)13-3-2-6(15)12-9(13)17;1-9(20)6(18)10(4-16,13-14-11)21-7(9)15-3-2-5(17)12-8(15)19;1-10(17)7(15)5(4-13)18-8(10)12-3-2-6(14)11-9(12)16;10-9(11)6(16)4(3-14)18-7(9)13-2-1-5(15)12-8(13)17/h1-2,4,6-7,17,19H,3H2,(H,15,18,20);1-2,4,6-7,16,18,20H,3H2,(H,14,17,19);2-3,5,7-8,14,16H,4H2,1H3,(H,12,15,17);2-3,6-7,16,18,20H,4H2,1H3,(H,12,17,19);2-3,5,7-8,13,15,17H,4H2,1H3,(H,11,14,16);1-2,4,6-7,14,16H,3H2,(H,12,15,17)/t2*4-,6?,7-,9-;5-,7?,8-,10-;6?,7-,9-,10-;5-,7?,8-,10-;4-,6?,7-/m111111/s1/i2*1D,2D;3*2D,3D;1D,2D. The molecule has 6 aliphatic heterocycles. The van der Waals surface area contributed by atoms with E-state index in [1.807, 2.05) is 4.98 Å². The van der Waals surface area contributed by atoms with Gasteiger partial charge in [-0.15, -0.1) is 0 Å². The molecule has 6 saturated heterocycles. The van der Waals surface area contributed by atoms with Gasteiger partial charge in [0, 0.05) is 78.2 Å². The Balaban J connectivity index is 0.000000212. The number of rotatable bonds is 13. The fourth-order valence-electron chi connectivity index (χ4n) is 11.4. The number of alkyl halides is 10. The van der Waals surface area contributed by atoms with Crippen LogP contribution >= 0.6 is 0 Å². The highest BCUT2D eigenvalue weighted by Crippen LogP contribution is 2.52. The molecule has 23 atom stereocenters. The predicted molar refractivity (Wildman–Crippen MR) is 355 cm³/mol. The molecule has 0 aromatic carbocycles. The van der Waals surface area contributed by atoms with Crippen LogP contribution in [0.15, 0.2) is 136 Å². The van der Waals surface area contributed by atoms with Gasteiger partial charge >= 0.3 is 52.4 Å². The van der Waals surface area contributed by atoms with Crippen molar-refractivity contribution in [3.8, 4) is 0 Å². The van der Waals surface area contributed by atoms with E-state index in [0.29, 0.717) is 13.7 Å². The van der Waals surface area contributed by atoms with Crippen molar-refractivity contribution in [2.75, 3.05) is 39.6 Å². The first kappa shape index (κ1) is 76.8. The predicted octanol–water partition coefficient (Wildman–Crippen LogP) is -10.2. The van der Waals surface area contributed by atoms with Gasteiger partial charge in [0.25, 0.3) is 39.0 Å². The number of aliphatic hydroxyl groups excluding tert-OH is 12. The van der Waals surface area contributed by atoms with Gasteiger partial charge in [-0.1, -0.05) is 5.11 Å². The van der Waals surface area contributed by atoms with E-state index in [2.05, 4.69) is 24.2 Å². The number of azide groups is 1. The number of aromatic nitrogens is 12. The lowest BCUT2D eigenvalue weighted by molar-refractivity contribution is -0.304. The molecule has 0 spiro atoms. The molecule has 12 heterocycles. The van der Waals surface area contributed by atoms with E-state index in [1.165, 1.54) is 16.9 Å². The van der Waals surface area contributed by atoms with Crippen LogP contribution < -0.4 is 67.5 Å². The zero-order chi connectivity index (χ0) is 98.8. The lowest BCUT2D eigenvalue weighted by Gasteiger charge is -2.33. The van der Waals surface area contributed by atoms with Crippen LogP contribution in [0, 0.1) is 0 Å². The molecule has 6 aromatic heterocycles. The quantitative estimate of drug-likeness (QED) is 0.0221. The van der Waals surface area contributed by atoms with Gasteiger partial charge in [-0.2, -0.15) is 35.1 Å². The molecule has 0 amide bonds. The Morgan fingerprint density at radius 1 is 0.419 bits per heavy atom. The minimum atomic E-state index is -5.73. The lowest BCUT2D eigenvalue weighted by Crippen LogP contribution is -2.58. The largest absolute Gasteiger partial charge is 0.429 e. The van der Waals surface area contributed by atoms with E-state index < -0.39 is 337 Å². The molecular weight excluding hydrogens is 1640 g/mol. The second-order valence-electron chi connectivity index (χ2n) is 25.4. The molecule has 6 aliphatic rings. The fraction of sp³-hybridized carbons (Fsp3) is 0.593. The van der Waals surface area contributed by atoms with E-state index >= 15 is 0 Å². The Morgan fingerprint density at radius 3 is 1.04 bits per heavy atom. The monoisotopic (exact) mass is 1720 g/mol. The zero-order valence-corrected chi connectivity index (χ0v) is 58.4. The molecular formula is C59H71F10N15O33. The molecule has 58 heteroatoms. The molecule has 6 unspecified atom stereocenters. The van der Waals surface area contributed by atoms with Crippen LogP contribution in [0.1, 0.15) is 74.6 Å². The van der Waals surface area contributed by atoms with E-state index in [9.17, 15) is 153 Å². The number of nitrogens with zero attached hydrogens (tertiary/aromatic N) is 9. The third-order valence-corrected chi connectivity index (χ3v) is 17.6.